The zero-order chi connectivity index (χ0) is 15.2. The molecular weight excluding hydrogens is 266 g/mol. The summed E-state index contributed by atoms with van der Waals surface area (Å²) in [5.41, 5.74) is 0. The predicted octanol–water partition coefficient (Wildman–Crippen LogP) is 1.28. The Bertz CT molecular complexity index is 373. The maximum Gasteiger partial charge on any atom is 0.243 e. The maximum absolute atomic E-state index is 12.6. The fourth-order valence-electron chi connectivity index (χ4n) is 3.37. The number of carbonyl (C=O) groups is 2. The van der Waals surface area contributed by atoms with E-state index in [1.165, 1.54) is 0 Å². The van der Waals surface area contributed by atoms with Gasteiger partial charge in [-0.05, 0) is 51.1 Å². The van der Waals surface area contributed by atoms with Gasteiger partial charge in [-0.3, -0.25) is 9.59 Å². The Morgan fingerprint density at radius 3 is 2.81 bits per heavy atom. The second kappa shape index (κ2) is 7.78. The molecule has 5 nitrogen and oxygen atoms in total. The quantitative estimate of drug-likeness (QED) is 0.821. The first-order valence-corrected chi connectivity index (χ1v) is 8.44. The van der Waals surface area contributed by atoms with Crippen LogP contribution in [-0.4, -0.2) is 48.4 Å². The van der Waals surface area contributed by atoms with Crippen molar-refractivity contribution < 1.29 is 9.59 Å². The molecule has 2 aliphatic rings. The van der Waals surface area contributed by atoms with E-state index < -0.39 is 0 Å². The van der Waals surface area contributed by atoms with Gasteiger partial charge in [-0.1, -0.05) is 13.8 Å². The molecule has 2 aliphatic heterocycles. The number of hydrogen-bond donors (Lipinski definition) is 2. The molecule has 0 aliphatic carbocycles. The summed E-state index contributed by atoms with van der Waals surface area (Å²) in [7, 11) is 0. The summed E-state index contributed by atoms with van der Waals surface area (Å²) in [6.07, 6.45) is 5.23. The lowest BCUT2D eigenvalue weighted by molar-refractivity contribution is -0.142. The van der Waals surface area contributed by atoms with Gasteiger partial charge in [0.25, 0.3) is 0 Å². The van der Waals surface area contributed by atoms with E-state index in [4.69, 9.17) is 0 Å². The van der Waals surface area contributed by atoms with Crippen molar-refractivity contribution >= 4 is 11.8 Å². The summed E-state index contributed by atoms with van der Waals surface area (Å²) >= 11 is 0. The first kappa shape index (κ1) is 16.3. The highest BCUT2D eigenvalue weighted by molar-refractivity contribution is 5.88. The molecule has 2 heterocycles. The van der Waals surface area contributed by atoms with Gasteiger partial charge in [0.1, 0.15) is 6.04 Å². The molecule has 3 unspecified atom stereocenters. The zero-order valence-electron chi connectivity index (χ0n) is 13.4. The van der Waals surface area contributed by atoms with Crippen LogP contribution in [0.25, 0.3) is 0 Å². The topological polar surface area (TPSA) is 61.4 Å². The van der Waals surface area contributed by atoms with Gasteiger partial charge >= 0.3 is 0 Å². The van der Waals surface area contributed by atoms with Gasteiger partial charge in [0.2, 0.25) is 11.8 Å². The molecule has 2 rings (SSSR count). The Hall–Kier alpha value is -1.10. The van der Waals surface area contributed by atoms with Crippen LogP contribution in [0.1, 0.15) is 52.4 Å². The summed E-state index contributed by atoms with van der Waals surface area (Å²) < 4.78 is 0. The van der Waals surface area contributed by atoms with E-state index in [2.05, 4.69) is 17.6 Å². The van der Waals surface area contributed by atoms with Crippen molar-refractivity contribution in [3.05, 3.63) is 0 Å². The fraction of sp³-hybridized carbons (Fsp3) is 0.875. The Balaban J connectivity index is 1.96. The zero-order valence-corrected chi connectivity index (χ0v) is 13.4. The van der Waals surface area contributed by atoms with Crippen LogP contribution in [0.3, 0.4) is 0 Å². The number of likely N-dealkylation sites (tertiary alicyclic amines) is 1. The molecule has 0 aromatic heterocycles. The van der Waals surface area contributed by atoms with Gasteiger partial charge in [-0.15, -0.1) is 0 Å². The molecule has 2 amide bonds. The van der Waals surface area contributed by atoms with Gasteiger partial charge in [-0.2, -0.15) is 0 Å². The molecule has 0 radical (unpaired) electrons. The normalized spacial score (nSPS) is 30.0. The minimum absolute atomic E-state index is 0.0536. The van der Waals surface area contributed by atoms with Crippen LogP contribution in [0.5, 0.6) is 0 Å². The van der Waals surface area contributed by atoms with Gasteiger partial charge < -0.3 is 15.5 Å². The molecule has 0 spiro atoms. The standard InChI is InChI=1S/C16H29N3O2/c1-3-6-15(20)19-10-5-4-7-14(19)16(21)18-13-8-9-17-11-12(13)2/h12-14,17H,3-11H2,1-2H3,(H,18,21). The monoisotopic (exact) mass is 295 g/mol. The highest BCUT2D eigenvalue weighted by atomic mass is 16.2. The minimum Gasteiger partial charge on any atom is -0.351 e. The van der Waals surface area contributed by atoms with E-state index in [0.29, 0.717) is 12.3 Å². The highest BCUT2D eigenvalue weighted by Crippen LogP contribution is 2.20. The average Bonchev–Trinajstić information content (AvgIpc) is 2.50. The van der Waals surface area contributed by atoms with Crippen LogP contribution < -0.4 is 10.6 Å². The second-order valence-corrected chi connectivity index (χ2v) is 6.43. The summed E-state index contributed by atoms with van der Waals surface area (Å²) in [5, 5.41) is 6.54. The first-order chi connectivity index (χ1) is 10.1. The third-order valence-corrected chi connectivity index (χ3v) is 4.70. The van der Waals surface area contributed by atoms with Crippen LogP contribution in [-0.2, 0) is 9.59 Å². The molecule has 3 atom stereocenters. The largest absolute Gasteiger partial charge is 0.351 e. The van der Waals surface area contributed by atoms with Gasteiger partial charge in [0.05, 0.1) is 0 Å². The number of hydrogen-bond acceptors (Lipinski definition) is 3. The summed E-state index contributed by atoms with van der Waals surface area (Å²) in [6.45, 7) is 6.82. The van der Waals surface area contributed by atoms with Crippen LogP contribution in [0, 0.1) is 5.92 Å². The molecule has 120 valence electrons. The number of nitrogens with one attached hydrogen (secondary N) is 2. The summed E-state index contributed by atoms with van der Waals surface area (Å²) in [4.78, 5) is 26.6. The lowest BCUT2D eigenvalue weighted by atomic mass is 9.94. The Morgan fingerprint density at radius 1 is 1.29 bits per heavy atom. The Morgan fingerprint density at radius 2 is 2.10 bits per heavy atom. The average molecular weight is 295 g/mol. The van der Waals surface area contributed by atoms with Crippen molar-refractivity contribution in [2.24, 2.45) is 5.92 Å². The summed E-state index contributed by atoms with van der Waals surface area (Å²) in [5.74, 6) is 0.639. The van der Waals surface area contributed by atoms with E-state index in [1.54, 1.807) is 0 Å². The number of piperidine rings is 2. The molecule has 2 saturated heterocycles. The van der Waals surface area contributed by atoms with E-state index >= 15 is 0 Å². The molecule has 0 bridgehead atoms. The van der Waals surface area contributed by atoms with Crippen molar-refractivity contribution in [3.63, 3.8) is 0 Å². The van der Waals surface area contributed by atoms with Crippen LogP contribution in [0.4, 0.5) is 0 Å². The van der Waals surface area contributed by atoms with Crippen molar-refractivity contribution in [2.45, 2.75) is 64.5 Å². The van der Waals surface area contributed by atoms with E-state index in [-0.39, 0.29) is 23.9 Å². The van der Waals surface area contributed by atoms with Crippen molar-refractivity contribution in [2.75, 3.05) is 19.6 Å². The van der Waals surface area contributed by atoms with Crippen LogP contribution >= 0.6 is 0 Å². The predicted molar refractivity (Wildman–Crippen MR) is 82.8 cm³/mol. The molecule has 0 aromatic carbocycles. The van der Waals surface area contributed by atoms with Gasteiger partial charge in [-0.25, -0.2) is 0 Å². The summed E-state index contributed by atoms with van der Waals surface area (Å²) in [6, 6.07) is -0.0105. The molecular formula is C16H29N3O2. The maximum atomic E-state index is 12.6. The molecule has 0 aromatic rings. The number of amides is 2. The third kappa shape index (κ3) is 4.19. The Labute approximate surface area is 127 Å². The molecule has 21 heavy (non-hydrogen) atoms. The third-order valence-electron chi connectivity index (χ3n) is 4.70. The molecule has 0 saturated carbocycles. The van der Waals surface area contributed by atoms with Crippen LogP contribution in [0.2, 0.25) is 0 Å². The van der Waals surface area contributed by atoms with Crippen molar-refractivity contribution in [1.82, 2.24) is 15.5 Å². The first-order valence-electron chi connectivity index (χ1n) is 8.44. The number of rotatable bonds is 4. The van der Waals surface area contributed by atoms with E-state index in [9.17, 15) is 9.59 Å². The number of carbonyl (C=O) groups excluding carboxylic acids is 2. The van der Waals surface area contributed by atoms with E-state index in [0.717, 1.165) is 51.7 Å². The second-order valence-electron chi connectivity index (χ2n) is 6.43. The minimum atomic E-state index is -0.250. The molecule has 2 N–H and O–H groups in total. The lowest BCUT2D eigenvalue weighted by Crippen LogP contribution is -2.56. The fourth-order valence-corrected chi connectivity index (χ4v) is 3.37. The molecule has 5 heteroatoms. The number of nitrogens with zero attached hydrogens (tertiary/aromatic N) is 1. The van der Waals surface area contributed by atoms with Gasteiger partial charge in [0, 0.05) is 19.0 Å². The smallest absolute Gasteiger partial charge is 0.243 e. The van der Waals surface area contributed by atoms with Gasteiger partial charge in [0.15, 0.2) is 0 Å². The van der Waals surface area contributed by atoms with Crippen molar-refractivity contribution in [3.8, 4) is 0 Å². The SMILES string of the molecule is CCCC(=O)N1CCCCC1C(=O)NC1CCNCC1C. The molecule has 2 fully saturated rings. The lowest BCUT2D eigenvalue weighted by Gasteiger charge is -2.37. The Kier molecular flexibility index (Phi) is 6.03. The highest BCUT2D eigenvalue weighted by Gasteiger charge is 2.33. The van der Waals surface area contributed by atoms with E-state index in [1.807, 2.05) is 11.8 Å². The van der Waals surface area contributed by atoms with Crippen molar-refractivity contribution in [1.29, 1.82) is 0 Å². The van der Waals surface area contributed by atoms with Crippen LogP contribution in [0.15, 0.2) is 0 Å².